The normalized spacial score (nSPS) is 10.6. The predicted octanol–water partition coefficient (Wildman–Crippen LogP) is 3.19. The number of carbonyl (C=O) groups is 1. The third-order valence-corrected chi connectivity index (χ3v) is 3.49. The van der Waals surface area contributed by atoms with E-state index in [-0.39, 0.29) is 11.8 Å². The van der Waals surface area contributed by atoms with Gasteiger partial charge in [0.05, 0.1) is 5.92 Å². The lowest BCUT2D eigenvalue weighted by Crippen LogP contribution is -2.22. The summed E-state index contributed by atoms with van der Waals surface area (Å²) < 4.78 is 1.66. The van der Waals surface area contributed by atoms with Gasteiger partial charge in [0.25, 0.3) is 0 Å². The van der Waals surface area contributed by atoms with Crippen molar-refractivity contribution in [3.63, 3.8) is 0 Å². The first-order valence-electron chi connectivity index (χ1n) is 7.14. The highest BCUT2D eigenvalue weighted by Crippen LogP contribution is 2.25. The van der Waals surface area contributed by atoms with Crippen LogP contribution in [0.4, 0.5) is 5.82 Å². The van der Waals surface area contributed by atoms with Crippen LogP contribution < -0.4 is 5.32 Å². The Morgan fingerprint density at radius 2 is 1.50 bits per heavy atom. The van der Waals surface area contributed by atoms with Gasteiger partial charge < -0.3 is 5.32 Å². The number of anilines is 1. The van der Waals surface area contributed by atoms with E-state index < -0.39 is 0 Å². The minimum absolute atomic E-state index is 0.0869. The second kappa shape index (κ2) is 6.26. The maximum absolute atomic E-state index is 12.8. The zero-order valence-corrected chi connectivity index (χ0v) is 12.3. The van der Waals surface area contributed by atoms with Crippen molar-refractivity contribution in [3.05, 3.63) is 84.1 Å². The number of hydrogen-bond donors (Lipinski definition) is 1. The fraction of sp³-hybridized carbons (Fsp3) is 0.111. The van der Waals surface area contributed by atoms with Gasteiger partial charge in [-0.2, -0.15) is 5.10 Å². The van der Waals surface area contributed by atoms with Crippen LogP contribution in [0, 0.1) is 0 Å². The zero-order valence-electron chi connectivity index (χ0n) is 12.3. The van der Waals surface area contributed by atoms with Crippen LogP contribution in [0.1, 0.15) is 17.0 Å². The lowest BCUT2D eigenvalue weighted by molar-refractivity contribution is -0.116. The van der Waals surface area contributed by atoms with Crippen LogP contribution in [0.15, 0.2) is 72.9 Å². The molecule has 0 bridgehead atoms. The zero-order chi connectivity index (χ0) is 15.4. The maximum Gasteiger partial charge on any atom is 0.237 e. The number of nitrogens with one attached hydrogen (secondary N) is 1. The number of aromatic nitrogens is 2. The van der Waals surface area contributed by atoms with E-state index in [0.29, 0.717) is 5.82 Å². The first-order chi connectivity index (χ1) is 10.7. The number of hydrogen-bond acceptors (Lipinski definition) is 2. The molecule has 1 amide bonds. The lowest BCUT2D eigenvalue weighted by atomic mass is 9.90. The average molecular weight is 291 g/mol. The highest BCUT2D eigenvalue weighted by molar-refractivity contribution is 5.97. The summed E-state index contributed by atoms with van der Waals surface area (Å²) in [7, 11) is 1.82. The number of rotatable bonds is 4. The van der Waals surface area contributed by atoms with Gasteiger partial charge in [0.1, 0.15) is 0 Å². The van der Waals surface area contributed by atoms with Gasteiger partial charge in [0, 0.05) is 19.3 Å². The molecule has 0 spiro atoms. The highest BCUT2D eigenvalue weighted by atomic mass is 16.2. The van der Waals surface area contributed by atoms with Crippen LogP contribution in [0.5, 0.6) is 0 Å². The molecule has 4 heteroatoms. The van der Waals surface area contributed by atoms with Crippen molar-refractivity contribution in [2.24, 2.45) is 7.05 Å². The smallest absolute Gasteiger partial charge is 0.237 e. The Hall–Kier alpha value is -2.88. The minimum atomic E-state index is -0.357. The van der Waals surface area contributed by atoms with Crippen LogP contribution >= 0.6 is 0 Å². The molecule has 0 radical (unpaired) electrons. The lowest BCUT2D eigenvalue weighted by Gasteiger charge is -2.17. The Balaban J connectivity index is 1.93. The molecule has 4 nitrogen and oxygen atoms in total. The van der Waals surface area contributed by atoms with E-state index in [2.05, 4.69) is 10.4 Å². The maximum atomic E-state index is 12.8. The van der Waals surface area contributed by atoms with E-state index in [1.807, 2.05) is 67.7 Å². The number of nitrogens with zero attached hydrogens (tertiary/aromatic N) is 2. The molecular formula is C18H17N3O. The highest BCUT2D eigenvalue weighted by Gasteiger charge is 2.23. The van der Waals surface area contributed by atoms with Crippen molar-refractivity contribution in [3.8, 4) is 0 Å². The Labute approximate surface area is 129 Å². The van der Waals surface area contributed by atoms with Crippen LogP contribution in [-0.2, 0) is 11.8 Å². The summed E-state index contributed by atoms with van der Waals surface area (Å²) in [6.45, 7) is 0. The number of amides is 1. The summed E-state index contributed by atoms with van der Waals surface area (Å²) in [5.74, 6) is 0.116. The van der Waals surface area contributed by atoms with Crippen LogP contribution in [0.2, 0.25) is 0 Å². The van der Waals surface area contributed by atoms with Crippen molar-refractivity contribution < 1.29 is 4.79 Å². The van der Waals surface area contributed by atoms with E-state index in [0.717, 1.165) is 11.1 Å². The Morgan fingerprint density at radius 3 is 1.95 bits per heavy atom. The van der Waals surface area contributed by atoms with E-state index in [9.17, 15) is 4.79 Å². The molecule has 1 heterocycles. The van der Waals surface area contributed by atoms with Crippen molar-refractivity contribution in [2.75, 3.05) is 5.32 Å². The van der Waals surface area contributed by atoms with Gasteiger partial charge in [0.2, 0.25) is 5.91 Å². The molecule has 0 saturated carbocycles. The van der Waals surface area contributed by atoms with Crippen LogP contribution in [0.3, 0.4) is 0 Å². The molecule has 1 aromatic heterocycles. The largest absolute Gasteiger partial charge is 0.308 e. The molecule has 110 valence electrons. The molecule has 1 N–H and O–H groups in total. The molecule has 0 aliphatic heterocycles. The van der Waals surface area contributed by atoms with Gasteiger partial charge >= 0.3 is 0 Å². The van der Waals surface area contributed by atoms with Gasteiger partial charge in [-0.05, 0) is 11.1 Å². The van der Waals surface area contributed by atoms with Crippen molar-refractivity contribution in [2.45, 2.75) is 5.92 Å². The van der Waals surface area contributed by atoms with Gasteiger partial charge in [-0.3, -0.25) is 9.48 Å². The first-order valence-corrected chi connectivity index (χ1v) is 7.14. The number of aryl methyl sites for hydroxylation is 1. The molecule has 0 fully saturated rings. The molecule has 0 saturated heterocycles. The second-order valence-corrected chi connectivity index (χ2v) is 5.12. The summed E-state index contributed by atoms with van der Waals surface area (Å²) in [4.78, 5) is 12.8. The Bertz CT molecular complexity index is 711. The third kappa shape index (κ3) is 3.06. The van der Waals surface area contributed by atoms with Crippen LogP contribution in [0.25, 0.3) is 0 Å². The molecule has 0 aliphatic carbocycles. The van der Waals surface area contributed by atoms with E-state index in [4.69, 9.17) is 0 Å². The molecular weight excluding hydrogens is 274 g/mol. The molecule has 0 aliphatic rings. The van der Waals surface area contributed by atoms with Gasteiger partial charge in [-0.1, -0.05) is 60.7 Å². The quantitative estimate of drug-likeness (QED) is 0.802. The number of carbonyl (C=O) groups excluding carboxylic acids is 1. The van der Waals surface area contributed by atoms with Gasteiger partial charge in [0.15, 0.2) is 5.82 Å². The van der Waals surface area contributed by atoms with Crippen molar-refractivity contribution >= 4 is 11.7 Å². The predicted molar refractivity (Wildman–Crippen MR) is 86.6 cm³/mol. The van der Waals surface area contributed by atoms with Gasteiger partial charge in [-0.25, -0.2) is 0 Å². The van der Waals surface area contributed by atoms with E-state index in [1.54, 1.807) is 16.9 Å². The Morgan fingerprint density at radius 1 is 0.955 bits per heavy atom. The van der Waals surface area contributed by atoms with Crippen molar-refractivity contribution in [1.29, 1.82) is 0 Å². The first kappa shape index (κ1) is 14.1. The molecule has 0 atom stereocenters. The fourth-order valence-electron chi connectivity index (χ4n) is 2.47. The number of benzene rings is 2. The SMILES string of the molecule is Cn1ccc(NC(=O)C(c2ccccc2)c2ccccc2)n1. The minimum Gasteiger partial charge on any atom is -0.308 e. The average Bonchev–Trinajstić information content (AvgIpc) is 2.95. The summed E-state index contributed by atoms with van der Waals surface area (Å²) in [5, 5.41) is 7.09. The standard InChI is InChI=1S/C18H17N3O/c1-21-13-12-16(20-21)19-18(22)17(14-8-4-2-5-9-14)15-10-6-3-7-11-15/h2-13,17H,1H3,(H,19,20,22). The summed E-state index contributed by atoms with van der Waals surface area (Å²) in [6, 6.07) is 21.3. The summed E-state index contributed by atoms with van der Waals surface area (Å²) in [6.07, 6.45) is 1.80. The summed E-state index contributed by atoms with van der Waals surface area (Å²) >= 11 is 0. The molecule has 22 heavy (non-hydrogen) atoms. The van der Waals surface area contributed by atoms with Crippen LogP contribution in [-0.4, -0.2) is 15.7 Å². The van der Waals surface area contributed by atoms with E-state index in [1.165, 1.54) is 0 Å². The van der Waals surface area contributed by atoms with Crippen molar-refractivity contribution in [1.82, 2.24) is 9.78 Å². The summed E-state index contributed by atoms with van der Waals surface area (Å²) in [5.41, 5.74) is 1.92. The monoisotopic (exact) mass is 291 g/mol. The van der Waals surface area contributed by atoms with Gasteiger partial charge in [-0.15, -0.1) is 0 Å². The molecule has 3 aromatic rings. The fourth-order valence-corrected chi connectivity index (χ4v) is 2.47. The molecule has 0 unspecified atom stereocenters. The second-order valence-electron chi connectivity index (χ2n) is 5.12. The third-order valence-electron chi connectivity index (χ3n) is 3.49. The topological polar surface area (TPSA) is 46.9 Å². The Kier molecular flexibility index (Phi) is 4.01. The van der Waals surface area contributed by atoms with E-state index >= 15 is 0 Å². The molecule has 3 rings (SSSR count). The molecule has 2 aromatic carbocycles.